The number of ether oxygens (including phenoxy) is 3. The molecule has 0 bridgehead atoms. The standard InChI is InChI=1S/C16H22F6O4.C15H11F3O.C11H17F3O.C11H11F3O.C10H13F3O3.C10H15F3O3.2CH4/c1-8(2)12(23)26-11-6-9(13(3,24)15(17,18)19)5-10(7-11)14(4,25)16(20,21)22;1-14(19,15(16,17)18)12-8-7-10-6-5-9-3-2-4-11(12)13(9)10;2*1-3-8-4-6-9(7-5-8)10(2,15)11(12,13)14;1-6-4-8(2,16-7(6)14)5-9(3,15)10(11,12)13;1-6(2)8(14)16-7(3)5-9(4,15)10(11,12)13;;/h9-11,24-25H,1,5-7H2,2-4H3;2-8,19H,1H3;3,8-9,15H,1,4-7H2,2H3;3-7,15H,1H2,2H3;15H,1,4-5H2,2-3H3;7,15H,1,5H2,2-4H3;2*1H4. The van der Waals surface area contributed by atoms with E-state index in [0.29, 0.717) is 70.2 Å². The molecule has 1 aliphatic heterocycles. The highest BCUT2D eigenvalue weighted by atomic mass is 19.4. The molecule has 1 heterocycles. The van der Waals surface area contributed by atoms with Gasteiger partial charge in [-0.3, -0.25) is 0 Å². The van der Waals surface area contributed by atoms with Gasteiger partial charge in [0.25, 0.3) is 0 Å². The summed E-state index contributed by atoms with van der Waals surface area (Å²) in [7, 11) is 0. The van der Waals surface area contributed by atoms with Gasteiger partial charge in [0.1, 0.15) is 17.8 Å². The first-order chi connectivity index (χ1) is 47.7. The highest BCUT2D eigenvalue weighted by molar-refractivity contribution is 6.06. The molecule has 13 nitrogen and oxygen atoms in total. The number of alkyl halides is 21. The molecule has 11 unspecified atom stereocenters. The van der Waals surface area contributed by atoms with Crippen LogP contribution in [0.5, 0.6) is 0 Å². The number of hydrogen-bond acceptors (Lipinski definition) is 13. The third kappa shape index (κ3) is 26.0. The molecule has 3 aromatic carbocycles. The maximum absolute atomic E-state index is 13.1. The molecule has 34 heteroatoms. The normalized spacial score (nSPS) is 23.5. The van der Waals surface area contributed by atoms with Crippen LogP contribution in [0.25, 0.3) is 29.0 Å². The monoisotopic (exact) mass is 1600 g/mol. The molecule has 7 N–H and O–H groups in total. The first-order valence-electron chi connectivity index (χ1n) is 32.5. The minimum absolute atomic E-state index is 0. The van der Waals surface area contributed by atoms with Crippen molar-refractivity contribution < 1.29 is 157 Å². The molecule has 3 aromatic rings. The Morgan fingerprint density at radius 2 is 0.972 bits per heavy atom. The lowest BCUT2D eigenvalue weighted by atomic mass is 9.67. The molecule has 0 spiro atoms. The number of carbonyl (C=O) groups excluding carboxylic acids is 3. The van der Waals surface area contributed by atoms with E-state index >= 15 is 0 Å². The van der Waals surface area contributed by atoms with Crippen molar-refractivity contribution in [3.05, 3.63) is 138 Å². The molecule has 3 aliphatic carbocycles. The predicted molar refractivity (Wildman–Crippen MR) is 367 cm³/mol. The second kappa shape index (κ2) is 36.7. The zero-order chi connectivity index (χ0) is 83.9. The minimum atomic E-state index is -5.10. The Kier molecular flexibility index (Phi) is 34.3. The summed E-state index contributed by atoms with van der Waals surface area (Å²) in [6.07, 6.45) is -29.9. The van der Waals surface area contributed by atoms with E-state index in [2.05, 4.69) is 37.6 Å². The van der Waals surface area contributed by atoms with Crippen LogP contribution in [0.1, 0.15) is 183 Å². The van der Waals surface area contributed by atoms with Crippen LogP contribution in [-0.4, -0.2) is 143 Å². The molecule has 1 saturated heterocycles. The zero-order valence-electron chi connectivity index (χ0n) is 60.1. The van der Waals surface area contributed by atoms with Crippen molar-refractivity contribution in [1.29, 1.82) is 0 Å². The molecular weight excluding hydrogens is 1510 g/mol. The van der Waals surface area contributed by atoms with Gasteiger partial charge in [0.15, 0.2) is 39.2 Å². The molecule has 3 fully saturated rings. The lowest BCUT2D eigenvalue weighted by Gasteiger charge is -2.46. The first kappa shape index (κ1) is 102. The van der Waals surface area contributed by atoms with E-state index in [1.54, 1.807) is 24.3 Å². The molecule has 4 aliphatic rings. The largest absolute Gasteiger partial charge is 0.459 e. The molecular formula is C75H97F21O13. The Labute approximate surface area is 618 Å². The second-order valence-corrected chi connectivity index (χ2v) is 28.5. The van der Waals surface area contributed by atoms with Gasteiger partial charge >= 0.3 is 61.1 Å². The summed E-state index contributed by atoms with van der Waals surface area (Å²) in [5, 5.41) is 68.1. The number of hydrogen-bond donors (Lipinski definition) is 7. The van der Waals surface area contributed by atoms with Crippen LogP contribution in [0.4, 0.5) is 92.2 Å². The number of aliphatic hydroxyl groups is 7. The summed E-state index contributed by atoms with van der Waals surface area (Å²) in [6.45, 7) is 27.0. The van der Waals surface area contributed by atoms with Crippen molar-refractivity contribution >= 4 is 46.9 Å². The second-order valence-electron chi connectivity index (χ2n) is 28.5. The van der Waals surface area contributed by atoms with Crippen molar-refractivity contribution in [3.63, 3.8) is 0 Å². The fourth-order valence-corrected chi connectivity index (χ4v) is 11.5. The Morgan fingerprint density at radius 3 is 1.33 bits per heavy atom. The number of esters is 3. The topological polar surface area (TPSA) is 221 Å². The van der Waals surface area contributed by atoms with Gasteiger partial charge < -0.3 is 50.0 Å². The molecule has 7 rings (SSSR count). The SMILES string of the molecule is C.C.C=C(C)C(=O)OC(C)CC(C)(O)C(F)(F)F.C=C(C)C(=O)OC1CC(C(C)(O)C(F)(F)F)CC(C(C)(O)C(F)(F)F)C1.C=C1CC(C)(CC(C)(O)C(F)(F)F)OC1=O.C=CC1CCC(C(C)(O)C(F)(F)F)CC1.C=Cc1ccc(C(C)(O)C(F)(F)F)cc1.CC(O)(c1ccc2c3c(cccc13)C=C2)C(F)(F)F. The number of allylic oxidation sites excluding steroid dienone is 1. The molecule has 2 saturated carbocycles. The minimum Gasteiger partial charge on any atom is -0.459 e. The molecule has 0 aromatic heterocycles. The summed E-state index contributed by atoms with van der Waals surface area (Å²) in [4.78, 5) is 33.7. The van der Waals surface area contributed by atoms with Gasteiger partial charge in [-0.15, -0.1) is 6.58 Å². The van der Waals surface area contributed by atoms with E-state index in [-0.39, 0.29) is 49.1 Å². The molecule has 622 valence electrons. The van der Waals surface area contributed by atoms with E-state index in [1.165, 1.54) is 64.1 Å². The van der Waals surface area contributed by atoms with Gasteiger partial charge in [0.2, 0.25) is 0 Å². The van der Waals surface area contributed by atoms with Gasteiger partial charge in [0.05, 0.1) is 0 Å². The van der Waals surface area contributed by atoms with Gasteiger partial charge in [-0.25, -0.2) is 14.4 Å². The van der Waals surface area contributed by atoms with E-state index in [0.717, 1.165) is 37.3 Å². The third-order valence-electron chi connectivity index (χ3n) is 18.9. The van der Waals surface area contributed by atoms with E-state index < -0.39 is 168 Å². The lowest BCUT2D eigenvalue weighted by molar-refractivity contribution is -0.299. The number of carbonyl (C=O) groups is 3. The van der Waals surface area contributed by atoms with Crippen molar-refractivity contribution in [2.24, 2.45) is 23.7 Å². The summed E-state index contributed by atoms with van der Waals surface area (Å²) < 4.78 is 281. The van der Waals surface area contributed by atoms with Crippen LogP contribution in [0, 0.1) is 23.7 Å². The van der Waals surface area contributed by atoms with Crippen molar-refractivity contribution in [2.45, 2.75) is 255 Å². The van der Waals surface area contributed by atoms with E-state index in [1.807, 2.05) is 18.2 Å². The Morgan fingerprint density at radius 1 is 0.560 bits per heavy atom. The van der Waals surface area contributed by atoms with Crippen LogP contribution < -0.4 is 0 Å². The van der Waals surface area contributed by atoms with E-state index in [9.17, 15) is 137 Å². The highest BCUT2D eigenvalue weighted by Gasteiger charge is 2.63. The predicted octanol–water partition coefficient (Wildman–Crippen LogP) is 19.4. The Hall–Kier alpha value is -6.98. The maximum Gasteiger partial charge on any atom is 0.421 e. The fourth-order valence-electron chi connectivity index (χ4n) is 11.5. The smallest absolute Gasteiger partial charge is 0.421 e. The van der Waals surface area contributed by atoms with Crippen LogP contribution in [0.3, 0.4) is 0 Å². The maximum atomic E-state index is 13.1. The fraction of sp³-hybridized carbons (Fsp3) is 0.587. The average Bonchev–Trinajstić information content (AvgIpc) is 1.70. The van der Waals surface area contributed by atoms with Crippen LogP contribution in [0.15, 0.2) is 110 Å². The van der Waals surface area contributed by atoms with Gasteiger partial charge in [-0.05, 0) is 166 Å². The van der Waals surface area contributed by atoms with Gasteiger partial charge in [0, 0.05) is 53.4 Å². The number of benzene rings is 3. The van der Waals surface area contributed by atoms with Crippen LogP contribution >= 0.6 is 0 Å². The summed E-state index contributed by atoms with van der Waals surface area (Å²) in [5.74, 6) is -6.20. The quantitative estimate of drug-likeness (QED) is 0.0194. The molecule has 0 radical (unpaired) electrons. The van der Waals surface area contributed by atoms with Crippen molar-refractivity contribution in [2.75, 3.05) is 0 Å². The van der Waals surface area contributed by atoms with E-state index in [4.69, 9.17) is 14.6 Å². The first-order valence-corrected chi connectivity index (χ1v) is 32.5. The third-order valence-corrected chi connectivity index (χ3v) is 18.9. The Bertz CT molecular complexity index is 3550. The highest BCUT2D eigenvalue weighted by Crippen LogP contribution is 2.52. The Balaban J connectivity index is 0.00000129. The zero-order valence-corrected chi connectivity index (χ0v) is 60.1. The number of cyclic esters (lactones) is 1. The summed E-state index contributed by atoms with van der Waals surface area (Å²) >= 11 is 0. The average molecular weight is 1610 g/mol. The number of rotatable bonds is 15. The van der Waals surface area contributed by atoms with Crippen LogP contribution in [-0.2, 0) is 39.8 Å². The summed E-state index contributed by atoms with van der Waals surface area (Å²) in [6, 6.07) is 13.6. The van der Waals surface area contributed by atoms with Crippen molar-refractivity contribution in [3.8, 4) is 0 Å². The van der Waals surface area contributed by atoms with Gasteiger partial charge in [-0.2, -0.15) is 92.2 Å². The molecule has 11 atom stereocenters. The van der Waals surface area contributed by atoms with Crippen molar-refractivity contribution in [1.82, 2.24) is 0 Å². The lowest BCUT2D eigenvalue weighted by Crippen LogP contribution is -2.57. The van der Waals surface area contributed by atoms with Crippen LogP contribution in [0.2, 0.25) is 0 Å². The number of halogens is 21. The van der Waals surface area contributed by atoms with Gasteiger partial charge in [-0.1, -0.05) is 120 Å². The molecule has 109 heavy (non-hydrogen) atoms. The summed E-state index contributed by atoms with van der Waals surface area (Å²) in [5.41, 5.74) is -19.6. The molecule has 0 amide bonds.